The highest BCUT2D eigenvalue weighted by atomic mass is 32.2. The van der Waals surface area contributed by atoms with Gasteiger partial charge in [-0.3, -0.25) is 14.2 Å². The van der Waals surface area contributed by atoms with E-state index in [1.807, 2.05) is 17.7 Å². The van der Waals surface area contributed by atoms with Crippen molar-refractivity contribution in [1.29, 1.82) is 0 Å². The quantitative estimate of drug-likeness (QED) is 0.427. The minimum absolute atomic E-state index is 0.166. The van der Waals surface area contributed by atoms with E-state index in [4.69, 9.17) is 10.5 Å². The van der Waals surface area contributed by atoms with Crippen molar-refractivity contribution in [2.75, 3.05) is 11.6 Å². The number of thioether (sulfide) groups is 1. The van der Waals surface area contributed by atoms with Gasteiger partial charge in [0.1, 0.15) is 5.82 Å². The molecule has 2 amide bonds. The average molecular weight is 439 g/mol. The number of carbonyl (C=O) groups is 3. The largest absolute Gasteiger partial charge is 0.449 e. The summed E-state index contributed by atoms with van der Waals surface area (Å²) in [5, 5.41) is 11.4. The molecule has 0 aliphatic carbocycles. The molecule has 0 saturated carbocycles. The van der Waals surface area contributed by atoms with Crippen LogP contribution in [0.3, 0.4) is 0 Å². The molecule has 0 saturated heterocycles. The smallest absolute Gasteiger partial charge is 0.338 e. The fraction of sp³-hybridized carbons (Fsp3) is 0.190. The number of para-hydroxylation sites is 1. The third-order valence-electron chi connectivity index (χ3n) is 4.44. The summed E-state index contributed by atoms with van der Waals surface area (Å²) in [7, 11) is 0. The van der Waals surface area contributed by atoms with Crippen molar-refractivity contribution in [2.24, 2.45) is 5.73 Å². The Morgan fingerprint density at radius 3 is 2.42 bits per heavy atom. The Balaban J connectivity index is 1.68. The average Bonchev–Trinajstić information content (AvgIpc) is 3.14. The number of benzene rings is 2. The first-order chi connectivity index (χ1) is 14.8. The zero-order chi connectivity index (χ0) is 22.5. The van der Waals surface area contributed by atoms with Crippen molar-refractivity contribution in [3.63, 3.8) is 0 Å². The molecule has 0 bridgehead atoms. The molecule has 1 atom stereocenters. The van der Waals surface area contributed by atoms with Gasteiger partial charge in [0.15, 0.2) is 11.3 Å². The second-order valence-electron chi connectivity index (χ2n) is 6.56. The zero-order valence-electron chi connectivity index (χ0n) is 17.2. The lowest BCUT2D eigenvalue weighted by atomic mass is 10.1. The summed E-state index contributed by atoms with van der Waals surface area (Å²) in [6.45, 7) is 3.28. The number of anilines is 1. The van der Waals surface area contributed by atoms with Gasteiger partial charge in [0.2, 0.25) is 0 Å². The molecular formula is C21H21N5O4S. The first-order valence-corrected chi connectivity index (χ1v) is 10.5. The van der Waals surface area contributed by atoms with E-state index in [1.54, 1.807) is 42.5 Å². The van der Waals surface area contributed by atoms with E-state index in [-0.39, 0.29) is 16.8 Å². The van der Waals surface area contributed by atoms with E-state index < -0.39 is 23.9 Å². The second kappa shape index (κ2) is 9.43. The van der Waals surface area contributed by atoms with Gasteiger partial charge in [-0.15, -0.1) is 10.2 Å². The van der Waals surface area contributed by atoms with Crippen LogP contribution in [0, 0.1) is 6.92 Å². The van der Waals surface area contributed by atoms with Crippen LogP contribution in [0.2, 0.25) is 0 Å². The van der Waals surface area contributed by atoms with Gasteiger partial charge in [0.05, 0.1) is 16.8 Å². The standard InChI is InChI=1S/C21H21N5O4S/c1-12(19(28)23-17-7-5-4-6-16(17)18(22)27)30-20(29)14-8-10-15(11-9-14)26-13(2)24-25-21(26)31-3/h4-12H,1-3H3,(H2,22,27)(H,23,28). The maximum atomic E-state index is 12.5. The Hall–Kier alpha value is -3.66. The molecular weight excluding hydrogens is 418 g/mol. The number of aryl methyl sites for hydroxylation is 1. The molecule has 9 nitrogen and oxygen atoms in total. The van der Waals surface area contributed by atoms with Crippen molar-refractivity contribution < 1.29 is 19.1 Å². The van der Waals surface area contributed by atoms with Gasteiger partial charge in [-0.05, 0) is 56.5 Å². The predicted molar refractivity (Wildman–Crippen MR) is 116 cm³/mol. The summed E-state index contributed by atoms with van der Waals surface area (Å²) in [6, 6.07) is 13.0. The van der Waals surface area contributed by atoms with Gasteiger partial charge >= 0.3 is 5.97 Å². The van der Waals surface area contributed by atoms with Gasteiger partial charge < -0.3 is 15.8 Å². The van der Waals surface area contributed by atoms with Gasteiger partial charge in [0, 0.05) is 5.69 Å². The molecule has 0 aliphatic rings. The maximum absolute atomic E-state index is 12.5. The van der Waals surface area contributed by atoms with E-state index in [0.717, 1.165) is 16.7 Å². The number of nitrogens with two attached hydrogens (primary N) is 1. The molecule has 2 aromatic carbocycles. The molecule has 3 aromatic rings. The monoisotopic (exact) mass is 439 g/mol. The Morgan fingerprint density at radius 1 is 1.10 bits per heavy atom. The SMILES string of the molecule is CSc1nnc(C)n1-c1ccc(C(=O)OC(C)C(=O)Nc2ccccc2C(N)=O)cc1. The number of hydrogen-bond acceptors (Lipinski definition) is 7. The first kappa shape index (κ1) is 22.0. The molecule has 1 unspecified atom stereocenters. The summed E-state index contributed by atoms with van der Waals surface area (Å²) in [6.07, 6.45) is 0.816. The van der Waals surface area contributed by atoms with Crippen molar-refractivity contribution in [3.05, 3.63) is 65.5 Å². The molecule has 1 aromatic heterocycles. The van der Waals surface area contributed by atoms with Crippen LogP contribution >= 0.6 is 11.8 Å². The van der Waals surface area contributed by atoms with Crippen LogP contribution in [-0.2, 0) is 9.53 Å². The fourth-order valence-corrected chi connectivity index (χ4v) is 3.38. The van der Waals surface area contributed by atoms with Crippen LogP contribution in [0.15, 0.2) is 53.7 Å². The summed E-state index contributed by atoms with van der Waals surface area (Å²) in [5.74, 6) is -1.18. The van der Waals surface area contributed by atoms with Gasteiger partial charge in [0.25, 0.3) is 11.8 Å². The number of rotatable bonds is 7. The molecule has 3 N–H and O–H groups in total. The summed E-state index contributed by atoms with van der Waals surface area (Å²) in [4.78, 5) is 36.4. The van der Waals surface area contributed by atoms with Crippen molar-refractivity contribution in [1.82, 2.24) is 14.8 Å². The molecule has 3 rings (SSSR count). The van der Waals surface area contributed by atoms with Crippen LogP contribution in [0.5, 0.6) is 0 Å². The van der Waals surface area contributed by atoms with E-state index in [0.29, 0.717) is 0 Å². The molecule has 31 heavy (non-hydrogen) atoms. The maximum Gasteiger partial charge on any atom is 0.338 e. The molecule has 0 aliphatic heterocycles. The number of carbonyl (C=O) groups excluding carboxylic acids is 3. The lowest BCUT2D eigenvalue weighted by molar-refractivity contribution is -0.123. The number of hydrogen-bond donors (Lipinski definition) is 2. The first-order valence-electron chi connectivity index (χ1n) is 9.29. The van der Waals surface area contributed by atoms with E-state index in [1.165, 1.54) is 24.8 Å². The molecule has 0 radical (unpaired) electrons. The van der Waals surface area contributed by atoms with Crippen molar-refractivity contribution in [3.8, 4) is 5.69 Å². The van der Waals surface area contributed by atoms with E-state index >= 15 is 0 Å². The number of nitrogens with zero attached hydrogens (tertiary/aromatic N) is 3. The van der Waals surface area contributed by atoms with Crippen molar-refractivity contribution in [2.45, 2.75) is 25.1 Å². The number of ether oxygens (including phenoxy) is 1. The van der Waals surface area contributed by atoms with E-state index in [2.05, 4.69) is 15.5 Å². The summed E-state index contributed by atoms with van der Waals surface area (Å²) >= 11 is 1.46. The normalized spacial score (nSPS) is 11.6. The predicted octanol–water partition coefficient (Wildman–Crippen LogP) is 2.58. The van der Waals surface area contributed by atoms with Gasteiger partial charge in [-0.25, -0.2) is 4.79 Å². The Kier molecular flexibility index (Phi) is 6.71. The molecule has 0 spiro atoms. The summed E-state index contributed by atoms with van der Waals surface area (Å²) < 4.78 is 7.13. The minimum Gasteiger partial charge on any atom is -0.449 e. The topological polar surface area (TPSA) is 129 Å². The Bertz CT molecular complexity index is 1130. The van der Waals surface area contributed by atoms with Crippen LogP contribution < -0.4 is 11.1 Å². The number of esters is 1. The Morgan fingerprint density at radius 2 is 1.77 bits per heavy atom. The summed E-state index contributed by atoms with van der Waals surface area (Å²) in [5.41, 5.74) is 6.82. The minimum atomic E-state index is -1.09. The number of amides is 2. The van der Waals surface area contributed by atoms with Gasteiger partial charge in [-0.2, -0.15) is 0 Å². The lowest BCUT2D eigenvalue weighted by Gasteiger charge is -2.15. The van der Waals surface area contributed by atoms with Crippen molar-refractivity contribution >= 4 is 35.2 Å². The third-order valence-corrected chi connectivity index (χ3v) is 5.07. The zero-order valence-corrected chi connectivity index (χ0v) is 18.0. The highest BCUT2D eigenvalue weighted by Crippen LogP contribution is 2.20. The second-order valence-corrected chi connectivity index (χ2v) is 7.34. The highest BCUT2D eigenvalue weighted by molar-refractivity contribution is 7.98. The fourth-order valence-electron chi connectivity index (χ4n) is 2.84. The molecule has 0 fully saturated rings. The lowest BCUT2D eigenvalue weighted by Crippen LogP contribution is -2.31. The van der Waals surface area contributed by atoms with Crippen LogP contribution in [-0.4, -0.2) is 44.9 Å². The van der Waals surface area contributed by atoms with Gasteiger partial charge in [-0.1, -0.05) is 23.9 Å². The number of aromatic nitrogens is 3. The molecule has 160 valence electrons. The highest BCUT2D eigenvalue weighted by Gasteiger charge is 2.21. The third kappa shape index (κ3) is 4.92. The van der Waals surface area contributed by atoms with Crippen LogP contribution in [0.1, 0.15) is 33.5 Å². The molecule has 1 heterocycles. The number of nitrogens with one attached hydrogen (secondary N) is 1. The van der Waals surface area contributed by atoms with E-state index in [9.17, 15) is 14.4 Å². The Labute approximate surface area is 183 Å². The number of primary amides is 1. The van der Waals surface area contributed by atoms with Crippen LogP contribution in [0.25, 0.3) is 5.69 Å². The molecule has 10 heteroatoms. The van der Waals surface area contributed by atoms with Crippen LogP contribution in [0.4, 0.5) is 5.69 Å².